The molecule has 0 saturated heterocycles. The molecule has 2 aromatic rings. The van der Waals surface area contributed by atoms with Crippen LogP contribution in [0.2, 0.25) is 0 Å². The Morgan fingerprint density at radius 1 is 1.60 bits per heavy atom. The quantitative estimate of drug-likeness (QED) is 0.849. The minimum absolute atomic E-state index is 0.520. The smallest absolute Gasteiger partial charge is 0.268 e. The predicted octanol–water partition coefficient (Wildman–Crippen LogP) is 1.31. The van der Waals surface area contributed by atoms with Crippen LogP contribution < -0.4 is 10.5 Å². The maximum absolute atomic E-state index is 5.40. The molecule has 0 aliphatic heterocycles. The number of thiophene rings is 1. The minimum Gasteiger partial charge on any atom is -0.496 e. The molecular weight excluding hydrogens is 214 g/mol. The van der Waals surface area contributed by atoms with Crippen LogP contribution in [-0.4, -0.2) is 23.8 Å². The Kier molecular flexibility index (Phi) is 2.98. The standard InChI is InChI=1S/C9H11N3O2S/c1-13-6-4-7(15-5-6)9-11-8(2-3-10)12-14-9/h4-5H,2-3,10H2,1H3. The van der Waals surface area contributed by atoms with E-state index in [-0.39, 0.29) is 0 Å². The van der Waals surface area contributed by atoms with Crippen molar-refractivity contribution in [3.05, 3.63) is 17.3 Å². The topological polar surface area (TPSA) is 74.2 Å². The molecule has 0 aliphatic carbocycles. The number of ether oxygens (including phenoxy) is 1. The lowest BCUT2D eigenvalue weighted by Crippen LogP contribution is -2.03. The van der Waals surface area contributed by atoms with Crippen molar-refractivity contribution in [3.63, 3.8) is 0 Å². The molecule has 15 heavy (non-hydrogen) atoms. The van der Waals surface area contributed by atoms with E-state index in [9.17, 15) is 0 Å². The Balaban J connectivity index is 2.21. The van der Waals surface area contributed by atoms with Gasteiger partial charge in [0.15, 0.2) is 5.82 Å². The van der Waals surface area contributed by atoms with Gasteiger partial charge in [0.05, 0.1) is 12.0 Å². The third-order valence-corrected chi connectivity index (χ3v) is 2.75. The van der Waals surface area contributed by atoms with E-state index in [0.29, 0.717) is 24.7 Å². The van der Waals surface area contributed by atoms with Gasteiger partial charge in [-0.25, -0.2) is 0 Å². The fourth-order valence-corrected chi connectivity index (χ4v) is 1.90. The SMILES string of the molecule is COc1csc(-c2nc(CCN)no2)c1. The molecule has 2 rings (SSSR count). The Bertz CT molecular complexity index is 438. The van der Waals surface area contributed by atoms with E-state index in [4.69, 9.17) is 15.0 Å². The number of rotatable bonds is 4. The zero-order valence-electron chi connectivity index (χ0n) is 8.27. The van der Waals surface area contributed by atoms with Crippen molar-refractivity contribution in [1.29, 1.82) is 0 Å². The van der Waals surface area contributed by atoms with Crippen molar-refractivity contribution in [2.24, 2.45) is 5.73 Å². The average Bonchev–Trinajstić information content (AvgIpc) is 2.85. The van der Waals surface area contributed by atoms with Crippen molar-refractivity contribution in [2.45, 2.75) is 6.42 Å². The molecule has 0 fully saturated rings. The van der Waals surface area contributed by atoms with Crippen LogP contribution in [0.1, 0.15) is 5.82 Å². The highest BCUT2D eigenvalue weighted by atomic mass is 32.1. The monoisotopic (exact) mass is 225 g/mol. The van der Waals surface area contributed by atoms with E-state index >= 15 is 0 Å². The van der Waals surface area contributed by atoms with E-state index in [1.165, 1.54) is 11.3 Å². The number of nitrogens with two attached hydrogens (primary N) is 1. The van der Waals surface area contributed by atoms with Crippen molar-refractivity contribution in [1.82, 2.24) is 10.1 Å². The van der Waals surface area contributed by atoms with Crippen LogP contribution in [0.4, 0.5) is 0 Å². The van der Waals surface area contributed by atoms with E-state index in [2.05, 4.69) is 10.1 Å². The summed E-state index contributed by atoms with van der Waals surface area (Å²) in [5.74, 6) is 1.96. The van der Waals surface area contributed by atoms with Crippen LogP contribution in [0.5, 0.6) is 5.75 Å². The molecule has 0 aliphatic rings. The van der Waals surface area contributed by atoms with Gasteiger partial charge in [-0.05, 0) is 6.54 Å². The molecule has 2 heterocycles. The van der Waals surface area contributed by atoms with E-state index < -0.39 is 0 Å². The maximum Gasteiger partial charge on any atom is 0.268 e. The summed E-state index contributed by atoms with van der Waals surface area (Å²) in [4.78, 5) is 5.12. The van der Waals surface area contributed by atoms with Crippen LogP contribution in [0.15, 0.2) is 16.0 Å². The molecule has 0 spiro atoms. The van der Waals surface area contributed by atoms with Crippen LogP contribution in [-0.2, 0) is 6.42 Å². The predicted molar refractivity (Wildman–Crippen MR) is 56.9 cm³/mol. The molecule has 0 aromatic carbocycles. The normalized spacial score (nSPS) is 10.5. The molecule has 0 bridgehead atoms. The second-order valence-electron chi connectivity index (χ2n) is 2.91. The number of hydrogen-bond donors (Lipinski definition) is 1. The van der Waals surface area contributed by atoms with Crippen molar-refractivity contribution < 1.29 is 9.26 Å². The largest absolute Gasteiger partial charge is 0.496 e. The van der Waals surface area contributed by atoms with Crippen molar-refractivity contribution >= 4 is 11.3 Å². The Morgan fingerprint density at radius 2 is 2.47 bits per heavy atom. The van der Waals surface area contributed by atoms with Gasteiger partial charge >= 0.3 is 0 Å². The second-order valence-corrected chi connectivity index (χ2v) is 3.82. The van der Waals surface area contributed by atoms with Crippen molar-refractivity contribution in [2.75, 3.05) is 13.7 Å². The molecule has 0 atom stereocenters. The number of aromatic nitrogens is 2. The van der Waals surface area contributed by atoms with Crippen molar-refractivity contribution in [3.8, 4) is 16.5 Å². The Morgan fingerprint density at radius 3 is 3.13 bits per heavy atom. The highest BCUT2D eigenvalue weighted by molar-refractivity contribution is 7.13. The molecule has 0 amide bonds. The summed E-state index contributed by atoms with van der Waals surface area (Å²) in [5, 5.41) is 5.71. The highest BCUT2D eigenvalue weighted by Gasteiger charge is 2.10. The van der Waals surface area contributed by atoms with Gasteiger partial charge in [0.2, 0.25) is 0 Å². The van der Waals surface area contributed by atoms with E-state index in [1.54, 1.807) is 7.11 Å². The van der Waals surface area contributed by atoms with Gasteiger partial charge in [-0.2, -0.15) is 4.98 Å². The van der Waals surface area contributed by atoms with Crippen LogP contribution >= 0.6 is 11.3 Å². The first-order valence-corrected chi connectivity index (χ1v) is 5.37. The molecule has 0 radical (unpaired) electrons. The van der Waals surface area contributed by atoms with E-state index in [1.807, 2.05) is 11.4 Å². The molecule has 0 saturated carbocycles. The summed E-state index contributed by atoms with van der Waals surface area (Å²) in [6.07, 6.45) is 0.631. The minimum atomic E-state index is 0.520. The third kappa shape index (κ3) is 2.16. The van der Waals surface area contributed by atoms with Gasteiger partial charge in [0.25, 0.3) is 5.89 Å². The lowest BCUT2D eigenvalue weighted by atomic mass is 10.4. The van der Waals surface area contributed by atoms with Crippen LogP contribution in [0.25, 0.3) is 10.8 Å². The average molecular weight is 225 g/mol. The molecule has 5 nitrogen and oxygen atoms in total. The Labute approximate surface area is 90.9 Å². The van der Waals surface area contributed by atoms with E-state index in [0.717, 1.165) is 10.6 Å². The molecule has 0 unspecified atom stereocenters. The van der Waals surface area contributed by atoms with Gasteiger partial charge in [0.1, 0.15) is 5.75 Å². The second kappa shape index (κ2) is 4.41. The lowest BCUT2D eigenvalue weighted by molar-refractivity contribution is 0.415. The molecule has 2 aromatic heterocycles. The van der Waals surface area contributed by atoms with Gasteiger partial charge < -0.3 is 15.0 Å². The number of nitrogens with zero attached hydrogens (tertiary/aromatic N) is 2. The molecular formula is C9H11N3O2S. The first kappa shape index (κ1) is 10.1. The number of methoxy groups -OCH3 is 1. The zero-order chi connectivity index (χ0) is 10.7. The summed E-state index contributed by atoms with van der Waals surface area (Å²) in [7, 11) is 1.62. The van der Waals surface area contributed by atoms with Gasteiger partial charge in [-0.3, -0.25) is 0 Å². The van der Waals surface area contributed by atoms with Gasteiger partial charge in [-0.15, -0.1) is 11.3 Å². The maximum atomic E-state index is 5.40. The van der Waals surface area contributed by atoms with Crippen LogP contribution in [0, 0.1) is 0 Å². The van der Waals surface area contributed by atoms with Crippen LogP contribution in [0.3, 0.4) is 0 Å². The fraction of sp³-hybridized carbons (Fsp3) is 0.333. The summed E-state index contributed by atoms with van der Waals surface area (Å²) in [6.45, 7) is 0.521. The first-order chi connectivity index (χ1) is 7.33. The molecule has 6 heteroatoms. The summed E-state index contributed by atoms with van der Waals surface area (Å²) in [5.41, 5.74) is 5.40. The molecule has 80 valence electrons. The summed E-state index contributed by atoms with van der Waals surface area (Å²) >= 11 is 1.51. The molecule has 2 N–H and O–H groups in total. The first-order valence-electron chi connectivity index (χ1n) is 4.49. The Hall–Kier alpha value is -1.40. The lowest BCUT2D eigenvalue weighted by Gasteiger charge is -1.88. The number of hydrogen-bond acceptors (Lipinski definition) is 6. The zero-order valence-corrected chi connectivity index (χ0v) is 9.08. The van der Waals surface area contributed by atoms with Gasteiger partial charge in [-0.1, -0.05) is 5.16 Å². The fourth-order valence-electron chi connectivity index (χ4n) is 1.12. The summed E-state index contributed by atoms with van der Waals surface area (Å²) < 4.78 is 10.2. The van der Waals surface area contributed by atoms with Gasteiger partial charge in [0, 0.05) is 17.9 Å². The summed E-state index contributed by atoms with van der Waals surface area (Å²) in [6, 6.07) is 1.87. The third-order valence-electron chi connectivity index (χ3n) is 1.86. The highest BCUT2D eigenvalue weighted by Crippen LogP contribution is 2.29.